The highest BCUT2D eigenvalue weighted by atomic mass is 16.5. The summed E-state index contributed by atoms with van der Waals surface area (Å²) in [6.07, 6.45) is 2.06. The molecule has 1 aliphatic rings. The lowest BCUT2D eigenvalue weighted by Gasteiger charge is -2.34. The van der Waals surface area contributed by atoms with Crippen LogP contribution in [-0.2, 0) is 9.53 Å². The molecule has 29 heavy (non-hydrogen) atoms. The van der Waals surface area contributed by atoms with Gasteiger partial charge in [0.2, 0.25) is 5.91 Å². The Bertz CT molecular complexity index is 1030. The van der Waals surface area contributed by atoms with Crippen LogP contribution in [0.4, 0.5) is 5.69 Å². The standard InChI is InChI=1S/C23H26N4O2/c1-15-8-9-18(22-11-24-19-6-4-5-7-20(19)25-22)10-21(15)26-23(28)14-27-12-16(2)29-17(3)13-27/h4-11,16-17H,12-14H2,1-3H3,(H,26,28)/t16-,17+. The number of benzene rings is 2. The lowest BCUT2D eigenvalue weighted by Crippen LogP contribution is -2.48. The third-order valence-electron chi connectivity index (χ3n) is 5.12. The predicted molar refractivity (Wildman–Crippen MR) is 115 cm³/mol. The summed E-state index contributed by atoms with van der Waals surface area (Å²) in [6, 6.07) is 13.8. The molecule has 150 valence electrons. The molecule has 0 spiro atoms. The first-order chi connectivity index (χ1) is 14.0. The van der Waals surface area contributed by atoms with Gasteiger partial charge in [0.05, 0.1) is 41.7 Å². The van der Waals surface area contributed by atoms with Crippen molar-refractivity contribution in [3.63, 3.8) is 0 Å². The number of anilines is 1. The maximum atomic E-state index is 12.6. The van der Waals surface area contributed by atoms with Crippen molar-refractivity contribution < 1.29 is 9.53 Å². The van der Waals surface area contributed by atoms with Gasteiger partial charge in [-0.3, -0.25) is 14.7 Å². The average Bonchev–Trinajstić information content (AvgIpc) is 2.68. The van der Waals surface area contributed by atoms with Crippen LogP contribution in [0.15, 0.2) is 48.7 Å². The van der Waals surface area contributed by atoms with Gasteiger partial charge in [-0.25, -0.2) is 4.98 Å². The summed E-state index contributed by atoms with van der Waals surface area (Å²) in [5, 5.41) is 3.06. The van der Waals surface area contributed by atoms with Crippen molar-refractivity contribution in [2.45, 2.75) is 33.0 Å². The number of fused-ring (bicyclic) bond motifs is 1. The van der Waals surface area contributed by atoms with E-state index in [2.05, 4.69) is 15.2 Å². The van der Waals surface area contributed by atoms with Crippen molar-refractivity contribution >= 4 is 22.6 Å². The quantitative estimate of drug-likeness (QED) is 0.736. The molecule has 0 aliphatic carbocycles. The molecule has 0 radical (unpaired) electrons. The summed E-state index contributed by atoms with van der Waals surface area (Å²) in [7, 11) is 0. The number of hydrogen-bond acceptors (Lipinski definition) is 5. The number of carbonyl (C=O) groups excluding carboxylic acids is 1. The van der Waals surface area contributed by atoms with Gasteiger partial charge in [0.25, 0.3) is 0 Å². The minimum atomic E-state index is -0.0175. The third-order valence-corrected chi connectivity index (χ3v) is 5.12. The van der Waals surface area contributed by atoms with Gasteiger partial charge in [0, 0.05) is 24.3 Å². The Morgan fingerprint density at radius 2 is 1.86 bits per heavy atom. The molecule has 1 saturated heterocycles. The van der Waals surface area contributed by atoms with E-state index in [0.29, 0.717) is 6.54 Å². The van der Waals surface area contributed by atoms with Gasteiger partial charge in [-0.15, -0.1) is 0 Å². The summed E-state index contributed by atoms with van der Waals surface area (Å²) < 4.78 is 5.74. The zero-order valence-corrected chi connectivity index (χ0v) is 17.1. The number of para-hydroxylation sites is 2. The van der Waals surface area contributed by atoms with E-state index in [0.717, 1.165) is 46.6 Å². The second-order valence-corrected chi connectivity index (χ2v) is 7.77. The average molecular weight is 390 g/mol. The number of carbonyl (C=O) groups is 1. The zero-order valence-electron chi connectivity index (χ0n) is 17.1. The Kier molecular flexibility index (Phi) is 5.56. The van der Waals surface area contributed by atoms with Crippen LogP contribution < -0.4 is 5.32 Å². The number of rotatable bonds is 4. The van der Waals surface area contributed by atoms with Crippen LogP contribution in [0.1, 0.15) is 19.4 Å². The van der Waals surface area contributed by atoms with Gasteiger partial charge in [-0.2, -0.15) is 0 Å². The molecule has 1 aliphatic heterocycles. The van der Waals surface area contributed by atoms with E-state index in [4.69, 9.17) is 9.72 Å². The van der Waals surface area contributed by atoms with E-state index in [1.807, 2.05) is 63.2 Å². The highest BCUT2D eigenvalue weighted by Gasteiger charge is 2.23. The van der Waals surface area contributed by atoms with Crippen molar-refractivity contribution in [3.05, 3.63) is 54.2 Å². The largest absolute Gasteiger partial charge is 0.373 e. The number of hydrogen-bond donors (Lipinski definition) is 1. The molecule has 2 atom stereocenters. The number of morpholine rings is 1. The normalized spacial score (nSPS) is 20.0. The molecule has 3 aromatic rings. The Morgan fingerprint density at radius 3 is 2.62 bits per heavy atom. The topological polar surface area (TPSA) is 67.4 Å². The maximum Gasteiger partial charge on any atom is 0.238 e. The van der Waals surface area contributed by atoms with Gasteiger partial charge in [-0.1, -0.05) is 24.3 Å². The number of ether oxygens (including phenoxy) is 1. The molecular formula is C23H26N4O2. The molecule has 1 amide bonds. The fourth-order valence-corrected chi connectivity index (χ4v) is 3.82. The van der Waals surface area contributed by atoms with E-state index in [1.54, 1.807) is 6.20 Å². The van der Waals surface area contributed by atoms with E-state index in [9.17, 15) is 4.79 Å². The highest BCUT2D eigenvalue weighted by molar-refractivity contribution is 5.93. The Hall–Kier alpha value is -2.83. The molecule has 2 heterocycles. The number of nitrogens with zero attached hydrogens (tertiary/aromatic N) is 3. The lowest BCUT2D eigenvalue weighted by atomic mass is 10.1. The summed E-state index contributed by atoms with van der Waals surface area (Å²) >= 11 is 0. The minimum Gasteiger partial charge on any atom is -0.373 e. The number of nitrogens with one attached hydrogen (secondary N) is 1. The first-order valence-corrected chi connectivity index (χ1v) is 9.98. The van der Waals surface area contributed by atoms with Crippen LogP contribution in [0.25, 0.3) is 22.3 Å². The van der Waals surface area contributed by atoms with Crippen LogP contribution in [0, 0.1) is 6.92 Å². The Labute approximate surface area is 170 Å². The monoisotopic (exact) mass is 390 g/mol. The van der Waals surface area contributed by atoms with Gasteiger partial charge in [-0.05, 0) is 44.5 Å². The molecular weight excluding hydrogens is 364 g/mol. The summed E-state index contributed by atoms with van der Waals surface area (Å²) in [5.74, 6) is -0.0175. The molecule has 1 fully saturated rings. The minimum absolute atomic E-state index is 0.0175. The van der Waals surface area contributed by atoms with Crippen molar-refractivity contribution in [3.8, 4) is 11.3 Å². The molecule has 6 nitrogen and oxygen atoms in total. The first kappa shape index (κ1) is 19.5. The van der Waals surface area contributed by atoms with Gasteiger partial charge < -0.3 is 10.1 Å². The summed E-state index contributed by atoms with van der Waals surface area (Å²) in [4.78, 5) is 24.0. The van der Waals surface area contributed by atoms with E-state index in [-0.39, 0.29) is 18.1 Å². The molecule has 2 aromatic carbocycles. The number of amides is 1. The van der Waals surface area contributed by atoms with Crippen molar-refractivity contribution in [2.75, 3.05) is 25.0 Å². The fourth-order valence-electron chi connectivity index (χ4n) is 3.82. The van der Waals surface area contributed by atoms with Crippen molar-refractivity contribution in [1.29, 1.82) is 0 Å². The molecule has 0 saturated carbocycles. The lowest BCUT2D eigenvalue weighted by molar-refractivity contribution is -0.121. The number of aryl methyl sites for hydroxylation is 1. The van der Waals surface area contributed by atoms with Crippen LogP contribution in [0.3, 0.4) is 0 Å². The van der Waals surface area contributed by atoms with Crippen LogP contribution >= 0.6 is 0 Å². The van der Waals surface area contributed by atoms with Crippen LogP contribution in [0.2, 0.25) is 0 Å². The molecule has 0 unspecified atom stereocenters. The van der Waals surface area contributed by atoms with Gasteiger partial charge in [0.1, 0.15) is 0 Å². The second kappa shape index (κ2) is 8.27. The molecule has 4 rings (SSSR count). The first-order valence-electron chi connectivity index (χ1n) is 9.98. The zero-order chi connectivity index (χ0) is 20.4. The molecule has 6 heteroatoms. The van der Waals surface area contributed by atoms with E-state index >= 15 is 0 Å². The Balaban J connectivity index is 1.51. The second-order valence-electron chi connectivity index (χ2n) is 7.77. The van der Waals surface area contributed by atoms with Crippen LogP contribution in [0.5, 0.6) is 0 Å². The number of aromatic nitrogens is 2. The fraction of sp³-hybridized carbons (Fsp3) is 0.348. The SMILES string of the molecule is Cc1ccc(-c2cnc3ccccc3n2)cc1NC(=O)CN1C[C@@H](C)O[C@@H](C)C1. The van der Waals surface area contributed by atoms with Crippen LogP contribution in [-0.4, -0.2) is 52.6 Å². The maximum absolute atomic E-state index is 12.6. The van der Waals surface area contributed by atoms with E-state index < -0.39 is 0 Å². The Morgan fingerprint density at radius 1 is 1.14 bits per heavy atom. The van der Waals surface area contributed by atoms with Crippen molar-refractivity contribution in [1.82, 2.24) is 14.9 Å². The third kappa shape index (κ3) is 4.60. The van der Waals surface area contributed by atoms with Crippen molar-refractivity contribution in [2.24, 2.45) is 0 Å². The van der Waals surface area contributed by atoms with Gasteiger partial charge >= 0.3 is 0 Å². The summed E-state index contributed by atoms with van der Waals surface area (Å²) in [5.41, 5.74) is 5.25. The molecule has 0 bridgehead atoms. The highest BCUT2D eigenvalue weighted by Crippen LogP contribution is 2.25. The van der Waals surface area contributed by atoms with Gasteiger partial charge in [0.15, 0.2) is 0 Å². The smallest absolute Gasteiger partial charge is 0.238 e. The summed E-state index contributed by atoms with van der Waals surface area (Å²) in [6.45, 7) is 7.96. The molecule has 1 N–H and O–H groups in total. The van der Waals surface area contributed by atoms with E-state index in [1.165, 1.54) is 0 Å². The predicted octanol–water partition coefficient (Wildman–Crippen LogP) is 3.65. The molecule has 1 aromatic heterocycles.